The molecule has 0 radical (unpaired) electrons. The second kappa shape index (κ2) is 7.13. The number of hydrogen-bond acceptors (Lipinski definition) is 3. The third-order valence-electron chi connectivity index (χ3n) is 3.37. The second-order valence-corrected chi connectivity index (χ2v) is 6.20. The zero-order valence-electron chi connectivity index (χ0n) is 11.2. The van der Waals surface area contributed by atoms with E-state index < -0.39 is 11.9 Å². The summed E-state index contributed by atoms with van der Waals surface area (Å²) >= 11 is 9.29. The monoisotopic (exact) mass is 375 g/mol. The molecule has 1 atom stereocenters. The van der Waals surface area contributed by atoms with Crippen molar-refractivity contribution >= 4 is 39.4 Å². The van der Waals surface area contributed by atoms with Crippen molar-refractivity contribution in [2.24, 2.45) is 5.92 Å². The first-order chi connectivity index (χ1) is 9.97. The maximum absolute atomic E-state index is 12.1. The number of carbonyl (C=O) groups is 2. The molecule has 0 bridgehead atoms. The predicted molar refractivity (Wildman–Crippen MR) is 81.6 cm³/mol. The first kappa shape index (κ1) is 16.1. The maximum Gasteiger partial charge on any atom is 0.308 e. The molecule has 1 aromatic rings. The number of likely N-dealkylation sites (tertiary alicyclic amines) is 1. The van der Waals surface area contributed by atoms with Crippen LogP contribution in [0.25, 0.3) is 0 Å². The van der Waals surface area contributed by atoms with Crippen LogP contribution in [-0.4, -0.2) is 41.6 Å². The number of halogens is 2. The van der Waals surface area contributed by atoms with Crippen LogP contribution < -0.4 is 4.74 Å². The van der Waals surface area contributed by atoms with Crippen molar-refractivity contribution in [2.45, 2.75) is 12.8 Å². The van der Waals surface area contributed by atoms with Gasteiger partial charge in [0, 0.05) is 17.6 Å². The van der Waals surface area contributed by atoms with Gasteiger partial charge >= 0.3 is 5.97 Å². The van der Waals surface area contributed by atoms with E-state index in [4.69, 9.17) is 21.4 Å². The lowest BCUT2D eigenvalue weighted by molar-refractivity contribution is -0.146. The molecule has 7 heteroatoms. The fourth-order valence-corrected chi connectivity index (χ4v) is 2.96. The maximum atomic E-state index is 12.1. The Labute approximate surface area is 136 Å². The minimum Gasteiger partial charge on any atom is -0.482 e. The number of nitrogens with zero attached hydrogens (tertiary/aromatic N) is 1. The van der Waals surface area contributed by atoms with E-state index in [9.17, 15) is 9.59 Å². The molecule has 21 heavy (non-hydrogen) atoms. The highest BCUT2D eigenvalue weighted by Crippen LogP contribution is 2.27. The van der Waals surface area contributed by atoms with Gasteiger partial charge in [0.2, 0.25) is 0 Å². The molecule has 1 unspecified atom stereocenters. The summed E-state index contributed by atoms with van der Waals surface area (Å²) in [5, 5.41) is 9.43. The number of hydrogen-bond donors (Lipinski definition) is 1. The summed E-state index contributed by atoms with van der Waals surface area (Å²) in [4.78, 5) is 24.6. The van der Waals surface area contributed by atoms with Crippen LogP contribution in [-0.2, 0) is 9.59 Å². The molecular formula is C14H15BrClNO4. The lowest BCUT2D eigenvalue weighted by Gasteiger charge is -2.30. The normalized spacial score (nSPS) is 18.4. The van der Waals surface area contributed by atoms with E-state index in [1.165, 1.54) is 4.90 Å². The van der Waals surface area contributed by atoms with Crippen LogP contribution in [0.2, 0.25) is 5.02 Å². The second-order valence-electron chi connectivity index (χ2n) is 4.88. The van der Waals surface area contributed by atoms with Crippen molar-refractivity contribution in [2.75, 3.05) is 19.7 Å². The van der Waals surface area contributed by atoms with Gasteiger partial charge in [-0.05, 0) is 31.0 Å². The zero-order chi connectivity index (χ0) is 15.4. The molecule has 0 aliphatic carbocycles. The van der Waals surface area contributed by atoms with Crippen LogP contribution in [0, 0.1) is 5.92 Å². The summed E-state index contributed by atoms with van der Waals surface area (Å²) in [6, 6.07) is 5.13. The smallest absolute Gasteiger partial charge is 0.308 e. The van der Waals surface area contributed by atoms with Crippen LogP contribution in [0.15, 0.2) is 22.7 Å². The van der Waals surface area contributed by atoms with Crippen LogP contribution in [0.5, 0.6) is 5.75 Å². The van der Waals surface area contributed by atoms with E-state index in [0.717, 1.165) is 4.47 Å². The molecule has 114 valence electrons. The SMILES string of the molecule is O=C(O)C1CCCN(C(=O)COc2ccc(Br)cc2Cl)C1. The molecule has 1 aliphatic heterocycles. The van der Waals surface area contributed by atoms with Gasteiger partial charge in [-0.3, -0.25) is 9.59 Å². The summed E-state index contributed by atoms with van der Waals surface area (Å²) in [5.74, 6) is -1.14. The largest absolute Gasteiger partial charge is 0.482 e. The minimum atomic E-state index is -0.857. The first-order valence-corrected chi connectivity index (χ1v) is 7.73. The van der Waals surface area contributed by atoms with E-state index in [1.807, 2.05) is 0 Å². The van der Waals surface area contributed by atoms with Gasteiger partial charge < -0.3 is 14.7 Å². The molecule has 1 aromatic carbocycles. The number of benzene rings is 1. The molecular weight excluding hydrogens is 362 g/mol. The Morgan fingerprint density at radius 3 is 2.90 bits per heavy atom. The number of piperidine rings is 1. The fourth-order valence-electron chi connectivity index (χ4n) is 2.23. The quantitative estimate of drug-likeness (QED) is 0.877. The standard InChI is InChI=1S/C14H15BrClNO4/c15-10-3-4-12(11(16)6-10)21-8-13(18)17-5-1-2-9(7-17)14(19)20/h3-4,6,9H,1-2,5,7-8H2,(H,19,20). The molecule has 1 N–H and O–H groups in total. The highest BCUT2D eigenvalue weighted by Gasteiger charge is 2.28. The van der Waals surface area contributed by atoms with Gasteiger partial charge in [-0.1, -0.05) is 27.5 Å². The van der Waals surface area contributed by atoms with Crippen molar-refractivity contribution in [3.63, 3.8) is 0 Å². The average molecular weight is 377 g/mol. The number of carboxylic acid groups (broad SMARTS) is 1. The van der Waals surface area contributed by atoms with E-state index in [-0.39, 0.29) is 19.1 Å². The Kier molecular flexibility index (Phi) is 5.47. The third-order valence-corrected chi connectivity index (χ3v) is 4.16. The number of amides is 1. The predicted octanol–water partition coefficient (Wildman–Crippen LogP) is 2.80. The van der Waals surface area contributed by atoms with Crippen LogP contribution in [0.1, 0.15) is 12.8 Å². The number of ether oxygens (including phenoxy) is 1. The molecule has 1 aliphatic rings. The summed E-state index contributed by atoms with van der Waals surface area (Å²) in [6.07, 6.45) is 1.31. The number of aliphatic carboxylic acids is 1. The fraction of sp³-hybridized carbons (Fsp3) is 0.429. The summed E-state index contributed by atoms with van der Waals surface area (Å²) in [5.41, 5.74) is 0. The van der Waals surface area contributed by atoms with Gasteiger partial charge in [-0.15, -0.1) is 0 Å². The Morgan fingerprint density at radius 1 is 1.48 bits per heavy atom. The number of carbonyl (C=O) groups excluding carboxylic acids is 1. The molecule has 0 spiro atoms. The molecule has 1 saturated heterocycles. The Morgan fingerprint density at radius 2 is 2.24 bits per heavy atom. The van der Waals surface area contributed by atoms with Gasteiger partial charge in [-0.25, -0.2) is 0 Å². The Bertz CT molecular complexity index is 552. The van der Waals surface area contributed by atoms with E-state index in [2.05, 4.69) is 15.9 Å². The van der Waals surface area contributed by atoms with Gasteiger partial charge in [0.1, 0.15) is 5.75 Å². The third kappa shape index (κ3) is 4.35. The van der Waals surface area contributed by atoms with Crippen LogP contribution in [0.3, 0.4) is 0 Å². The van der Waals surface area contributed by atoms with E-state index in [1.54, 1.807) is 18.2 Å². The topological polar surface area (TPSA) is 66.8 Å². The van der Waals surface area contributed by atoms with Crippen molar-refractivity contribution in [1.29, 1.82) is 0 Å². The minimum absolute atomic E-state index is 0.145. The molecule has 1 fully saturated rings. The van der Waals surface area contributed by atoms with Crippen LogP contribution in [0.4, 0.5) is 0 Å². The molecule has 0 aromatic heterocycles. The highest BCUT2D eigenvalue weighted by atomic mass is 79.9. The van der Waals surface area contributed by atoms with Gasteiger partial charge in [-0.2, -0.15) is 0 Å². The van der Waals surface area contributed by atoms with Crippen molar-refractivity contribution in [3.05, 3.63) is 27.7 Å². The van der Waals surface area contributed by atoms with Gasteiger partial charge in [0.05, 0.1) is 10.9 Å². The molecule has 2 rings (SSSR count). The lowest BCUT2D eigenvalue weighted by atomic mass is 9.98. The summed E-state index contributed by atoms with van der Waals surface area (Å²) in [6.45, 7) is 0.666. The number of rotatable bonds is 4. The molecule has 0 saturated carbocycles. The zero-order valence-corrected chi connectivity index (χ0v) is 13.6. The first-order valence-electron chi connectivity index (χ1n) is 6.56. The number of carboxylic acids is 1. The lowest BCUT2D eigenvalue weighted by Crippen LogP contribution is -2.44. The van der Waals surface area contributed by atoms with E-state index >= 15 is 0 Å². The van der Waals surface area contributed by atoms with Gasteiger partial charge in [0.25, 0.3) is 5.91 Å². The Hall–Kier alpha value is -1.27. The molecule has 5 nitrogen and oxygen atoms in total. The van der Waals surface area contributed by atoms with Gasteiger partial charge in [0.15, 0.2) is 6.61 Å². The van der Waals surface area contributed by atoms with Crippen molar-refractivity contribution in [3.8, 4) is 5.75 Å². The Balaban J connectivity index is 1.90. The van der Waals surface area contributed by atoms with Crippen molar-refractivity contribution < 1.29 is 19.4 Å². The summed E-state index contributed by atoms with van der Waals surface area (Å²) < 4.78 is 6.24. The average Bonchev–Trinajstić information content (AvgIpc) is 2.46. The molecule has 1 amide bonds. The van der Waals surface area contributed by atoms with Crippen molar-refractivity contribution in [1.82, 2.24) is 4.90 Å². The van der Waals surface area contributed by atoms with Crippen LogP contribution >= 0.6 is 27.5 Å². The highest BCUT2D eigenvalue weighted by molar-refractivity contribution is 9.10. The molecule has 1 heterocycles. The van der Waals surface area contributed by atoms with E-state index in [0.29, 0.717) is 30.2 Å². The summed E-state index contributed by atoms with van der Waals surface area (Å²) in [7, 11) is 0.